The van der Waals surface area contributed by atoms with Gasteiger partial charge in [0.25, 0.3) is 0 Å². The van der Waals surface area contributed by atoms with Gasteiger partial charge in [0.05, 0.1) is 12.9 Å². The Morgan fingerprint density at radius 1 is 0.878 bits per heavy atom. The molecular weight excluding hydrogens is 542 g/mol. The van der Waals surface area contributed by atoms with Crippen LogP contribution < -0.4 is 10.8 Å². The molecule has 0 aromatic heterocycles. The van der Waals surface area contributed by atoms with E-state index in [9.17, 15) is 18.0 Å². The fourth-order valence-corrected chi connectivity index (χ4v) is 3.50. The minimum atomic E-state index is -2.91. The molecule has 0 aliphatic carbocycles. The van der Waals surface area contributed by atoms with Gasteiger partial charge in [0.1, 0.15) is 0 Å². The fraction of sp³-hybridized carbons (Fsp3) is 0.355. The van der Waals surface area contributed by atoms with E-state index < -0.39 is 21.8 Å². The van der Waals surface area contributed by atoms with Gasteiger partial charge in [-0.3, -0.25) is 14.8 Å². The highest BCUT2D eigenvalue weighted by molar-refractivity contribution is 7.88. The molecule has 3 aromatic carbocycles. The molecule has 10 heteroatoms. The molecule has 0 aliphatic rings. The standard InChI is InChI=1S/C21H26N2O4.C7H8.C3H9NO2S/c24-14-13-22-21(26)19(15-20(25)23-27)8-4-5-16-9-11-18(12-10-16)17-6-2-1-3-7-17;1-7-5-3-2-4-6-7;1-4(2)7(3,5)6/h1-3,6-7,9-12,19,24,27H,4-5,8,13-15H2,(H,22,26)(H,23,25);2-6H,1H3;1-3H3/t19-;;/m1../s1. The monoisotopic (exact) mass is 585 g/mol. The Balaban J connectivity index is 0.000000488. The zero-order valence-corrected chi connectivity index (χ0v) is 25.1. The second kappa shape index (κ2) is 19.5. The first kappa shape index (κ1) is 35.5. The Kier molecular flexibility index (Phi) is 16.9. The average molecular weight is 586 g/mol. The first-order valence-electron chi connectivity index (χ1n) is 13.3. The van der Waals surface area contributed by atoms with Crippen LogP contribution in [0.2, 0.25) is 0 Å². The number of aryl methyl sites for hydroxylation is 2. The summed E-state index contributed by atoms with van der Waals surface area (Å²) < 4.78 is 21.7. The van der Waals surface area contributed by atoms with Crippen molar-refractivity contribution in [2.75, 3.05) is 33.5 Å². The number of sulfonamides is 1. The van der Waals surface area contributed by atoms with E-state index in [4.69, 9.17) is 10.3 Å². The quantitative estimate of drug-likeness (QED) is 0.200. The molecule has 0 radical (unpaired) electrons. The zero-order valence-electron chi connectivity index (χ0n) is 24.3. The van der Waals surface area contributed by atoms with Crippen LogP contribution in [0, 0.1) is 12.8 Å². The number of aliphatic hydroxyl groups excluding tert-OH is 1. The van der Waals surface area contributed by atoms with Crippen molar-refractivity contribution in [3.05, 3.63) is 96.1 Å². The molecule has 3 aromatic rings. The van der Waals surface area contributed by atoms with Gasteiger partial charge in [-0.05, 0) is 42.9 Å². The summed E-state index contributed by atoms with van der Waals surface area (Å²) in [5, 5.41) is 20.1. The van der Waals surface area contributed by atoms with Crippen molar-refractivity contribution in [1.29, 1.82) is 0 Å². The van der Waals surface area contributed by atoms with Crippen LogP contribution >= 0.6 is 0 Å². The minimum Gasteiger partial charge on any atom is -0.395 e. The maximum absolute atomic E-state index is 12.1. The smallest absolute Gasteiger partial charge is 0.244 e. The number of hydroxylamine groups is 1. The molecule has 0 spiro atoms. The highest BCUT2D eigenvalue weighted by Gasteiger charge is 2.21. The summed E-state index contributed by atoms with van der Waals surface area (Å²) in [6.45, 7) is 2.08. The SMILES string of the molecule is CN(C)S(C)(=O)=O.Cc1ccccc1.O=C(C[C@@H](CCCc1ccc(-c2ccccc2)cc1)C(=O)NCCO)NO. The Morgan fingerprint density at radius 2 is 1.39 bits per heavy atom. The molecule has 0 saturated carbocycles. The summed E-state index contributed by atoms with van der Waals surface area (Å²) >= 11 is 0. The van der Waals surface area contributed by atoms with Crippen molar-refractivity contribution >= 4 is 21.8 Å². The van der Waals surface area contributed by atoms with Crippen molar-refractivity contribution in [2.24, 2.45) is 5.92 Å². The predicted octanol–water partition coefficient (Wildman–Crippen LogP) is 3.80. The molecule has 0 bridgehead atoms. The molecule has 0 aliphatic heterocycles. The van der Waals surface area contributed by atoms with Crippen molar-refractivity contribution in [2.45, 2.75) is 32.6 Å². The molecular formula is C31H43N3O6S. The number of nitrogens with zero attached hydrogens (tertiary/aromatic N) is 1. The van der Waals surface area contributed by atoms with E-state index in [0.29, 0.717) is 6.42 Å². The molecule has 9 nitrogen and oxygen atoms in total. The van der Waals surface area contributed by atoms with Crippen LogP contribution in [0.5, 0.6) is 0 Å². The first-order valence-corrected chi connectivity index (χ1v) is 15.2. The summed E-state index contributed by atoms with van der Waals surface area (Å²) in [5.74, 6) is -1.41. The minimum absolute atomic E-state index is 0.0826. The summed E-state index contributed by atoms with van der Waals surface area (Å²) in [5.41, 5.74) is 6.37. The normalized spacial score (nSPS) is 11.3. The van der Waals surface area contributed by atoms with E-state index in [1.54, 1.807) is 5.48 Å². The van der Waals surface area contributed by atoms with Gasteiger partial charge in [-0.1, -0.05) is 90.5 Å². The van der Waals surface area contributed by atoms with Gasteiger partial charge < -0.3 is 10.4 Å². The lowest BCUT2D eigenvalue weighted by Crippen LogP contribution is -2.35. The molecule has 0 saturated heterocycles. The van der Waals surface area contributed by atoms with Gasteiger partial charge in [-0.2, -0.15) is 0 Å². The number of amides is 2. The average Bonchev–Trinajstić information content (AvgIpc) is 2.96. The number of carbonyl (C=O) groups excluding carboxylic acids is 2. The molecule has 2 amide bonds. The topological polar surface area (TPSA) is 136 Å². The number of hydrogen-bond donors (Lipinski definition) is 4. The lowest BCUT2D eigenvalue weighted by molar-refractivity contribution is -0.135. The molecule has 4 N–H and O–H groups in total. The summed E-state index contributed by atoms with van der Waals surface area (Å²) in [6, 6.07) is 28.7. The van der Waals surface area contributed by atoms with E-state index in [1.165, 1.54) is 25.2 Å². The zero-order chi connectivity index (χ0) is 30.7. The maximum atomic E-state index is 12.1. The van der Waals surface area contributed by atoms with Crippen LogP contribution in [-0.4, -0.2) is 68.4 Å². The van der Waals surface area contributed by atoms with Crippen molar-refractivity contribution in [3.63, 3.8) is 0 Å². The number of hydrogen-bond acceptors (Lipinski definition) is 6. The second-order valence-electron chi connectivity index (χ2n) is 9.61. The largest absolute Gasteiger partial charge is 0.395 e. The molecule has 3 rings (SSSR count). The third-order valence-corrected chi connectivity index (χ3v) is 7.35. The van der Waals surface area contributed by atoms with Gasteiger partial charge in [0.15, 0.2) is 0 Å². The van der Waals surface area contributed by atoms with E-state index in [0.717, 1.165) is 34.5 Å². The van der Waals surface area contributed by atoms with Gasteiger partial charge in [-0.25, -0.2) is 18.2 Å². The first-order chi connectivity index (χ1) is 19.5. The van der Waals surface area contributed by atoms with Gasteiger partial charge in [0.2, 0.25) is 21.8 Å². The van der Waals surface area contributed by atoms with Gasteiger partial charge in [0, 0.05) is 33.0 Å². The third kappa shape index (κ3) is 15.7. The molecule has 0 heterocycles. The highest BCUT2D eigenvalue weighted by Crippen LogP contribution is 2.21. The van der Waals surface area contributed by atoms with E-state index in [1.807, 2.05) is 36.4 Å². The van der Waals surface area contributed by atoms with Crippen LogP contribution in [0.15, 0.2) is 84.9 Å². The van der Waals surface area contributed by atoms with E-state index in [-0.39, 0.29) is 25.5 Å². The second-order valence-corrected chi connectivity index (χ2v) is 11.8. The molecule has 1 atom stereocenters. The van der Waals surface area contributed by atoms with Gasteiger partial charge in [-0.15, -0.1) is 0 Å². The Bertz CT molecular complexity index is 1250. The lowest BCUT2D eigenvalue weighted by Gasteiger charge is -2.15. The van der Waals surface area contributed by atoms with Gasteiger partial charge >= 0.3 is 0 Å². The number of rotatable bonds is 11. The predicted molar refractivity (Wildman–Crippen MR) is 163 cm³/mol. The molecule has 41 heavy (non-hydrogen) atoms. The highest BCUT2D eigenvalue weighted by atomic mass is 32.2. The van der Waals surface area contributed by atoms with Crippen LogP contribution in [0.1, 0.15) is 30.4 Å². The van der Waals surface area contributed by atoms with Crippen molar-refractivity contribution in [1.82, 2.24) is 15.1 Å². The number of carbonyl (C=O) groups is 2. The Labute approximate surface area is 244 Å². The van der Waals surface area contributed by atoms with Crippen LogP contribution in [0.25, 0.3) is 11.1 Å². The van der Waals surface area contributed by atoms with Crippen LogP contribution in [-0.2, 0) is 26.0 Å². The summed E-state index contributed by atoms with van der Waals surface area (Å²) in [4.78, 5) is 23.5. The molecule has 224 valence electrons. The van der Waals surface area contributed by atoms with Crippen LogP contribution in [0.4, 0.5) is 0 Å². The lowest BCUT2D eigenvalue weighted by atomic mass is 9.95. The summed E-state index contributed by atoms with van der Waals surface area (Å²) in [7, 11) is 0.0833. The molecule has 0 fully saturated rings. The third-order valence-electron chi connectivity index (χ3n) is 6.02. The fourth-order valence-electron chi connectivity index (χ4n) is 3.50. The maximum Gasteiger partial charge on any atom is 0.244 e. The van der Waals surface area contributed by atoms with Crippen molar-refractivity contribution < 1.29 is 28.3 Å². The Morgan fingerprint density at radius 3 is 1.83 bits per heavy atom. The number of benzene rings is 3. The van der Waals surface area contributed by atoms with Crippen LogP contribution in [0.3, 0.4) is 0 Å². The molecule has 0 unspecified atom stereocenters. The van der Waals surface area contributed by atoms with E-state index in [2.05, 4.69) is 60.8 Å². The summed E-state index contributed by atoms with van der Waals surface area (Å²) in [6.07, 6.45) is 3.12. The number of nitrogens with one attached hydrogen (secondary N) is 2. The number of aliphatic hydroxyl groups is 1. The van der Waals surface area contributed by atoms with Crippen molar-refractivity contribution in [3.8, 4) is 11.1 Å². The van der Waals surface area contributed by atoms with E-state index >= 15 is 0 Å². The Hall–Kier alpha value is -3.57.